The van der Waals surface area contributed by atoms with Crippen LogP contribution in [0.3, 0.4) is 0 Å². The molecule has 0 saturated carbocycles. The molecule has 0 aromatic heterocycles. The lowest BCUT2D eigenvalue weighted by molar-refractivity contribution is -0.123. The molecule has 1 atom stereocenters. The molecule has 122 valence electrons. The Hall–Kier alpha value is -1.40. The van der Waals surface area contributed by atoms with Crippen molar-refractivity contribution in [2.24, 2.45) is 0 Å². The molecule has 0 spiro atoms. The molecule has 22 heavy (non-hydrogen) atoms. The highest BCUT2D eigenvalue weighted by molar-refractivity contribution is 7.90. The van der Waals surface area contributed by atoms with E-state index in [1.165, 1.54) is 5.56 Å². The SMILES string of the molecule is CCC[C@@H](C(=O)NS(=O)(=O)c1ccc2c(c1)CCC2)N(C)C. The summed E-state index contributed by atoms with van der Waals surface area (Å²) in [6.45, 7) is 1.97. The second-order valence-corrected chi connectivity index (χ2v) is 7.70. The zero-order valence-corrected chi connectivity index (χ0v) is 14.2. The van der Waals surface area contributed by atoms with Crippen molar-refractivity contribution in [2.75, 3.05) is 14.1 Å². The number of nitrogens with zero attached hydrogens (tertiary/aromatic N) is 1. The van der Waals surface area contributed by atoms with E-state index in [1.54, 1.807) is 31.1 Å². The summed E-state index contributed by atoms with van der Waals surface area (Å²) in [6.07, 6.45) is 4.40. The number of benzene rings is 1. The van der Waals surface area contributed by atoms with Crippen LogP contribution in [0.2, 0.25) is 0 Å². The van der Waals surface area contributed by atoms with Crippen molar-refractivity contribution in [2.45, 2.75) is 50.0 Å². The van der Waals surface area contributed by atoms with Crippen molar-refractivity contribution < 1.29 is 13.2 Å². The van der Waals surface area contributed by atoms with Gasteiger partial charge in [-0.2, -0.15) is 0 Å². The number of aryl methyl sites for hydroxylation is 2. The minimum atomic E-state index is -3.80. The predicted octanol–water partition coefficient (Wildman–Crippen LogP) is 1.71. The quantitative estimate of drug-likeness (QED) is 0.865. The summed E-state index contributed by atoms with van der Waals surface area (Å²) < 4.78 is 27.1. The lowest BCUT2D eigenvalue weighted by Gasteiger charge is -2.22. The average molecular weight is 324 g/mol. The molecule has 5 nitrogen and oxygen atoms in total. The molecule has 0 heterocycles. The fourth-order valence-corrected chi connectivity index (χ4v) is 3.94. The second-order valence-electron chi connectivity index (χ2n) is 6.02. The summed E-state index contributed by atoms with van der Waals surface area (Å²) in [5.41, 5.74) is 2.29. The zero-order valence-electron chi connectivity index (χ0n) is 13.4. The number of amides is 1. The number of fused-ring (bicyclic) bond motifs is 1. The van der Waals surface area contributed by atoms with Crippen LogP contribution in [0.25, 0.3) is 0 Å². The number of rotatable bonds is 6. The molecule has 1 amide bonds. The largest absolute Gasteiger partial charge is 0.298 e. The third-order valence-electron chi connectivity index (χ3n) is 4.10. The fraction of sp³-hybridized carbons (Fsp3) is 0.562. The lowest BCUT2D eigenvalue weighted by atomic mass is 10.1. The topological polar surface area (TPSA) is 66.5 Å². The molecule has 0 unspecified atom stereocenters. The van der Waals surface area contributed by atoms with E-state index in [1.807, 2.05) is 13.0 Å². The van der Waals surface area contributed by atoms with Gasteiger partial charge in [-0.05, 0) is 63.0 Å². The highest BCUT2D eigenvalue weighted by atomic mass is 32.2. The van der Waals surface area contributed by atoms with Gasteiger partial charge in [0.25, 0.3) is 15.9 Å². The third-order valence-corrected chi connectivity index (χ3v) is 5.45. The molecule has 1 aliphatic carbocycles. The van der Waals surface area contributed by atoms with E-state index in [0.29, 0.717) is 6.42 Å². The predicted molar refractivity (Wildman–Crippen MR) is 86.2 cm³/mol. The molecule has 0 saturated heterocycles. The normalized spacial score (nSPS) is 15.6. The minimum Gasteiger partial charge on any atom is -0.298 e. The van der Waals surface area contributed by atoms with E-state index < -0.39 is 22.0 Å². The maximum Gasteiger partial charge on any atom is 0.264 e. The monoisotopic (exact) mass is 324 g/mol. The Kier molecular flexibility index (Phi) is 5.24. The highest BCUT2D eigenvalue weighted by Gasteiger charge is 2.26. The Bertz CT molecular complexity index is 653. The summed E-state index contributed by atoms with van der Waals surface area (Å²) >= 11 is 0. The van der Waals surface area contributed by atoms with Gasteiger partial charge in [0.1, 0.15) is 0 Å². The van der Waals surface area contributed by atoms with Gasteiger partial charge in [0.15, 0.2) is 0 Å². The van der Waals surface area contributed by atoms with Gasteiger partial charge < -0.3 is 0 Å². The van der Waals surface area contributed by atoms with E-state index in [2.05, 4.69) is 4.72 Å². The number of likely N-dealkylation sites (N-methyl/N-ethyl adjacent to an activating group) is 1. The summed E-state index contributed by atoms with van der Waals surface area (Å²) in [5.74, 6) is -0.465. The van der Waals surface area contributed by atoms with E-state index in [9.17, 15) is 13.2 Å². The first kappa shape index (κ1) is 17.0. The summed E-state index contributed by atoms with van der Waals surface area (Å²) in [7, 11) is -0.245. The lowest BCUT2D eigenvalue weighted by Crippen LogP contribution is -2.45. The Labute approximate surface area is 132 Å². The van der Waals surface area contributed by atoms with E-state index in [0.717, 1.165) is 31.2 Å². The Morgan fingerprint density at radius 3 is 2.59 bits per heavy atom. The number of nitrogens with one attached hydrogen (secondary N) is 1. The summed E-state index contributed by atoms with van der Waals surface area (Å²) in [6, 6.07) is 4.71. The molecule has 1 aliphatic rings. The first-order chi connectivity index (χ1) is 10.3. The van der Waals surface area contributed by atoms with Crippen LogP contribution in [0.1, 0.15) is 37.3 Å². The maximum absolute atomic E-state index is 12.4. The minimum absolute atomic E-state index is 0.176. The maximum atomic E-state index is 12.4. The smallest absolute Gasteiger partial charge is 0.264 e. The molecule has 0 fully saturated rings. The van der Waals surface area contributed by atoms with Gasteiger partial charge in [0, 0.05) is 0 Å². The molecule has 0 aliphatic heterocycles. The van der Waals surface area contributed by atoms with E-state index in [-0.39, 0.29) is 4.90 Å². The van der Waals surface area contributed by atoms with Gasteiger partial charge in [0.2, 0.25) is 0 Å². The van der Waals surface area contributed by atoms with Gasteiger partial charge in [-0.3, -0.25) is 9.69 Å². The van der Waals surface area contributed by atoms with Gasteiger partial charge >= 0.3 is 0 Å². The van der Waals surface area contributed by atoms with Crippen LogP contribution in [-0.2, 0) is 27.7 Å². The van der Waals surface area contributed by atoms with E-state index in [4.69, 9.17) is 0 Å². The Balaban J connectivity index is 2.18. The molecule has 6 heteroatoms. The molecular formula is C16H24N2O3S. The molecule has 1 aromatic rings. The van der Waals surface area contributed by atoms with Crippen LogP contribution in [0.4, 0.5) is 0 Å². The molecule has 1 N–H and O–H groups in total. The molecule has 1 aromatic carbocycles. The first-order valence-corrected chi connectivity index (χ1v) is 9.18. The molecule has 0 radical (unpaired) electrons. The van der Waals surface area contributed by atoms with Crippen LogP contribution < -0.4 is 4.72 Å². The zero-order chi connectivity index (χ0) is 16.3. The Morgan fingerprint density at radius 1 is 1.27 bits per heavy atom. The summed E-state index contributed by atoms with van der Waals surface area (Å²) in [5, 5.41) is 0. The van der Waals surface area contributed by atoms with Crippen molar-refractivity contribution in [1.82, 2.24) is 9.62 Å². The molecule has 0 bridgehead atoms. The van der Waals surface area contributed by atoms with Crippen molar-refractivity contribution in [3.63, 3.8) is 0 Å². The van der Waals surface area contributed by atoms with Crippen LogP contribution in [-0.4, -0.2) is 39.4 Å². The van der Waals surface area contributed by atoms with Gasteiger partial charge in [-0.1, -0.05) is 19.4 Å². The standard InChI is InChI=1S/C16H24N2O3S/c1-4-6-15(18(2)3)16(19)17-22(20,21)14-10-9-12-7-5-8-13(12)11-14/h9-11,15H,4-8H2,1-3H3,(H,17,19)/t15-/m0/s1. The van der Waals surface area contributed by atoms with E-state index >= 15 is 0 Å². The highest BCUT2D eigenvalue weighted by Crippen LogP contribution is 2.24. The van der Waals surface area contributed by atoms with Crippen LogP contribution in [0, 0.1) is 0 Å². The fourth-order valence-electron chi connectivity index (χ4n) is 2.87. The van der Waals surface area contributed by atoms with Crippen molar-refractivity contribution in [1.29, 1.82) is 0 Å². The van der Waals surface area contributed by atoms with Crippen molar-refractivity contribution in [3.8, 4) is 0 Å². The van der Waals surface area contributed by atoms with Crippen LogP contribution >= 0.6 is 0 Å². The first-order valence-electron chi connectivity index (χ1n) is 7.70. The molecule has 2 rings (SSSR count). The van der Waals surface area contributed by atoms with Crippen LogP contribution in [0.5, 0.6) is 0 Å². The van der Waals surface area contributed by atoms with Crippen LogP contribution in [0.15, 0.2) is 23.1 Å². The van der Waals surface area contributed by atoms with Gasteiger partial charge in [-0.25, -0.2) is 13.1 Å². The number of carbonyl (C=O) groups excluding carboxylic acids is 1. The van der Waals surface area contributed by atoms with Crippen molar-refractivity contribution in [3.05, 3.63) is 29.3 Å². The third kappa shape index (κ3) is 3.67. The number of hydrogen-bond donors (Lipinski definition) is 1. The van der Waals surface area contributed by atoms with Gasteiger partial charge in [0.05, 0.1) is 10.9 Å². The number of carbonyl (C=O) groups is 1. The number of sulfonamides is 1. The Morgan fingerprint density at radius 2 is 1.95 bits per heavy atom. The number of hydrogen-bond acceptors (Lipinski definition) is 4. The summed E-state index contributed by atoms with van der Waals surface area (Å²) in [4.78, 5) is 14.2. The van der Waals surface area contributed by atoms with Crippen molar-refractivity contribution >= 4 is 15.9 Å². The second kappa shape index (κ2) is 6.79. The molecular weight excluding hydrogens is 300 g/mol. The van der Waals surface area contributed by atoms with Gasteiger partial charge in [-0.15, -0.1) is 0 Å². The average Bonchev–Trinajstić information content (AvgIpc) is 2.91.